The lowest BCUT2D eigenvalue weighted by atomic mass is 9.89. The highest BCUT2D eigenvalue weighted by molar-refractivity contribution is 6.00. The number of carbonyl (C=O) groups is 1. The van der Waals surface area contributed by atoms with Gasteiger partial charge in [0.1, 0.15) is 11.3 Å². The monoisotopic (exact) mass is 335 g/mol. The van der Waals surface area contributed by atoms with Gasteiger partial charge in [-0.3, -0.25) is 4.98 Å². The van der Waals surface area contributed by atoms with Crippen molar-refractivity contribution in [3.63, 3.8) is 0 Å². The molecule has 4 heteroatoms. The maximum atomic E-state index is 11.7. The number of aryl methyl sites for hydroxylation is 1. The van der Waals surface area contributed by atoms with Gasteiger partial charge in [0.05, 0.1) is 5.52 Å². The quantitative estimate of drug-likeness (QED) is 0.691. The van der Waals surface area contributed by atoms with Crippen LogP contribution in [-0.4, -0.2) is 21.2 Å². The van der Waals surface area contributed by atoms with E-state index in [1.807, 2.05) is 36.4 Å². The van der Waals surface area contributed by atoms with E-state index in [0.29, 0.717) is 17.5 Å². The molecule has 0 aliphatic carbocycles. The molecular formula is C21H21NO3. The van der Waals surface area contributed by atoms with Crippen LogP contribution in [0.15, 0.2) is 42.6 Å². The number of carboxylic acid groups (broad SMARTS) is 1. The average Bonchev–Trinajstić information content (AvgIpc) is 2.60. The van der Waals surface area contributed by atoms with Gasteiger partial charge in [0, 0.05) is 11.6 Å². The Morgan fingerprint density at radius 2 is 1.96 bits per heavy atom. The van der Waals surface area contributed by atoms with Crippen LogP contribution in [0.3, 0.4) is 0 Å². The number of aromatic carboxylic acids is 1. The second-order valence-electron chi connectivity index (χ2n) is 6.22. The van der Waals surface area contributed by atoms with E-state index in [-0.39, 0.29) is 11.3 Å². The zero-order chi connectivity index (χ0) is 18.0. The molecule has 25 heavy (non-hydrogen) atoms. The van der Waals surface area contributed by atoms with Gasteiger partial charge < -0.3 is 10.2 Å². The van der Waals surface area contributed by atoms with Crippen LogP contribution in [0.5, 0.6) is 5.75 Å². The summed E-state index contributed by atoms with van der Waals surface area (Å²) < 4.78 is 0. The van der Waals surface area contributed by atoms with Crippen LogP contribution in [0, 0.1) is 6.92 Å². The Labute approximate surface area is 146 Å². The molecule has 3 rings (SSSR count). The van der Waals surface area contributed by atoms with Crippen molar-refractivity contribution in [1.29, 1.82) is 0 Å². The van der Waals surface area contributed by atoms with E-state index in [1.54, 1.807) is 13.1 Å². The minimum atomic E-state index is -1.10. The molecule has 0 fully saturated rings. The molecule has 0 aliphatic heterocycles. The Morgan fingerprint density at radius 3 is 2.68 bits per heavy atom. The number of fused-ring (bicyclic) bond motifs is 1. The summed E-state index contributed by atoms with van der Waals surface area (Å²) in [6.07, 6.45) is 4.26. The van der Waals surface area contributed by atoms with E-state index in [0.717, 1.165) is 34.9 Å². The largest absolute Gasteiger partial charge is 0.507 e. The second-order valence-corrected chi connectivity index (χ2v) is 6.22. The number of hydrogen-bond acceptors (Lipinski definition) is 3. The van der Waals surface area contributed by atoms with E-state index in [4.69, 9.17) is 0 Å². The Morgan fingerprint density at radius 1 is 1.16 bits per heavy atom. The summed E-state index contributed by atoms with van der Waals surface area (Å²) in [5, 5.41) is 21.0. The SMILES string of the molecule is CCCCc1cc(-c2cccc3ncccc23)c(C)c(C(=O)O)c1O. The summed E-state index contributed by atoms with van der Waals surface area (Å²) >= 11 is 0. The molecule has 3 aromatic rings. The van der Waals surface area contributed by atoms with E-state index in [2.05, 4.69) is 11.9 Å². The second kappa shape index (κ2) is 6.93. The molecule has 2 N–H and O–H groups in total. The number of nitrogens with zero attached hydrogens (tertiary/aromatic N) is 1. The van der Waals surface area contributed by atoms with Gasteiger partial charge in [-0.1, -0.05) is 31.5 Å². The number of pyridine rings is 1. The van der Waals surface area contributed by atoms with Crippen molar-refractivity contribution in [3.8, 4) is 16.9 Å². The first kappa shape index (κ1) is 17.0. The fourth-order valence-electron chi connectivity index (χ4n) is 3.26. The van der Waals surface area contributed by atoms with Crippen LogP contribution >= 0.6 is 0 Å². The summed E-state index contributed by atoms with van der Waals surface area (Å²) in [5.41, 5.74) is 3.87. The predicted octanol–water partition coefficient (Wildman–Crippen LogP) is 4.96. The molecule has 0 saturated heterocycles. The minimum Gasteiger partial charge on any atom is -0.507 e. The van der Waals surface area contributed by atoms with Crippen LogP contribution in [0.2, 0.25) is 0 Å². The first-order chi connectivity index (χ1) is 12.0. The van der Waals surface area contributed by atoms with E-state index >= 15 is 0 Å². The number of benzene rings is 2. The predicted molar refractivity (Wildman–Crippen MR) is 99.2 cm³/mol. The first-order valence-corrected chi connectivity index (χ1v) is 8.47. The average molecular weight is 335 g/mol. The number of aromatic hydroxyl groups is 1. The van der Waals surface area contributed by atoms with Crippen molar-refractivity contribution >= 4 is 16.9 Å². The van der Waals surface area contributed by atoms with Crippen LogP contribution in [0.4, 0.5) is 0 Å². The highest BCUT2D eigenvalue weighted by atomic mass is 16.4. The number of hydrogen-bond donors (Lipinski definition) is 2. The molecule has 0 bridgehead atoms. The number of rotatable bonds is 5. The van der Waals surface area contributed by atoms with Gasteiger partial charge in [0.25, 0.3) is 0 Å². The topological polar surface area (TPSA) is 70.4 Å². The van der Waals surface area contributed by atoms with Crippen molar-refractivity contribution < 1.29 is 15.0 Å². The van der Waals surface area contributed by atoms with Crippen LogP contribution in [-0.2, 0) is 6.42 Å². The smallest absolute Gasteiger partial charge is 0.339 e. The van der Waals surface area contributed by atoms with Gasteiger partial charge in [-0.2, -0.15) is 0 Å². The highest BCUT2D eigenvalue weighted by Crippen LogP contribution is 2.37. The molecule has 0 aliphatic rings. The van der Waals surface area contributed by atoms with Crippen molar-refractivity contribution in [1.82, 2.24) is 4.98 Å². The number of carboxylic acids is 1. The van der Waals surface area contributed by atoms with E-state index in [9.17, 15) is 15.0 Å². The summed E-state index contributed by atoms with van der Waals surface area (Å²) in [7, 11) is 0. The molecule has 0 atom stereocenters. The van der Waals surface area contributed by atoms with Gasteiger partial charge in [-0.15, -0.1) is 0 Å². The number of unbranched alkanes of at least 4 members (excludes halogenated alkanes) is 1. The third kappa shape index (κ3) is 3.07. The Balaban J connectivity index is 2.31. The molecule has 0 spiro atoms. The zero-order valence-corrected chi connectivity index (χ0v) is 14.4. The zero-order valence-electron chi connectivity index (χ0n) is 14.4. The van der Waals surface area contributed by atoms with Gasteiger partial charge >= 0.3 is 5.97 Å². The summed E-state index contributed by atoms with van der Waals surface area (Å²) in [4.78, 5) is 16.1. The fourth-order valence-corrected chi connectivity index (χ4v) is 3.26. The molecule has 0 unspecified atom stereocenters. The van der Waals surface area contributed by atoms with Crippen LogP contribution < -0.4 is 0 Å². The molecule has 1 heterocycles. The Bertz CT molecular complexity index is 942. The van der Waals surface area contributed by atoms with Gasteiger partial charge in [0.2, 0.25) is 0 Å². The molecule has 0 saturated carbocycles. The summed E-state index contributed by atoms with van der Waals surface area (Å²) in [5.74, 6) is -1.21. The van der Waals surface area contributed by atoms with E-state index < -0.39 is 5.97 Å². The van der Waals surface area contributed by atoms with Crippen molar-refractivity contribution in [3.05, 3.63) is 59.3 Å². The third-order valence-electron chi connectivity index (χ3n) is 4.59. The summed E-state index contributed by atoms with van der Waals surface area (Å²) in [6.45, 7) is 3.82. The molecule has 128 valence electrons. The highest BCUT2D eigenvalue weighted by Gasteiger charge is 2.21. The van der Waals surface area contributed by atoms with Gasteiger partial charge in [-0.25, -0.2) is 4.79 Å². The maximum Gasteiger partial charge on any atom is 0.339 e. The maximum absolute atomic E-state index is 11.7. The number of phenols is 1. The molecule has 2 aromatic carbocycles. The lowest BCUT2D eigenvalue weighted by Gasteiger charge is -2.16. The standard InChI is InChI=1S/C21H21NO3/c1-3-4-7-14-12-17(13(2)19(20(14)23)21(24)25)15-8-5-10-18-16(15)9-6-11-22-18/h5-6,8-12,23H,3-4,7H2,1-2H3,(H,24,25). The number of aromatic nitrogens is 1. The van der Waals surface area contributed by atoms with Gasteiger partial charge in [-0.05, 0) is 60.2 Å². The minimum absolute atomic E-state index is 0.00973. The summed E-state index contributed by atoms with van der Waals surface area (Å²) in [6, 6.07) is 11.6. The van der Waals surface area contributed by atoms with Gasteiger partial charge in [0.15, 0.2) is 0 Å². The third-order valence-corrected chi connectivity index (χ3v) is 4.59. The first-order valence-electron chi connectivity index (χ1n) is 8.47. The molecular weight excluding hydrogens is 314 g/mol. The van der Waals surface area contributed by atoms with Crippen LogP contribution in [0.1, 0.15) is 41.3 Å². The molecule has 0 radical (unpaired) electrons. The Kier molecular flexibility index (Phi) is 4.70. The lowest BCUT2D eigenvalue weighted by Crippen LogP contribution is -2.05. The van der Waals surface area contributed by atoms with Crippen molar-refractivity contribution in [2.75, 3.05) is 0 Å². The van der Waals surface area contributed by atoms with Crippen molar-refractivity contribution in [2.24, 2.45) is 0 Å². The molecule has 0 amide bonds. The Hall–Kier alpha value is -2.88. The van der Waals surface area contributed by atoms with E-state index in [1.165, 1.54) is 0 Å². The van der Waals surface area contributed by atoms with Crippen molar-refractivity contribution in [2.45, 2.75) is 33.1 Å². The molecule has 1 aromatic heterocycles. The lowest BCUT2D eigenvalue weighted by molar-refractivity contribution is 0.0692. The molecule has 4 nitrogen and oxygen atoms in total. The fraction of sp³-hybridized carbons (Fsp3) is 0.238. The van der Waals surface area contributed by atoms with Crippen LogP contribution in [0.25, 0.3) is 22.0 Å². The normalized spacial score (nSPS) is 11.0.